The molecule has 0 fully saturated rings. The summed E-state index contributed by atoms with van der Waals surface area (Å²) in [6.07, 6.45) is 7.95. The SMILES string of the molecule is C=C(Nc1ccc(Oc2ccnc3cc(OC)c(O)cc23)cn1)c1nn(-c2cnccc2CC(=O)O)cc1C. The van der Waals surface area contributed by atoms with Gasteiger partial charge in [-0.25, -0.2) is 9.67 Å². The smallest absolute Gasteiger partial charge is 0.307 e. The first-order valence-electron chi connectivity index (χ1n) is 11.8. The number of methoxy groups -OCH3 is 1. The third-order valence-corrected chi connectivity index (χ3v) is 5.90. The number of pyridine rings is 3. The number of phenols is 1. The normalized spacial score (nSPS) is 10.8. The van der Waals surface area contributed by atoms with Crippen LogP contribution in [0, 0.1) is 6.92 Å². The summed E-state index contributed by atoms with van der Waals surface area (Å²) in [6.45, 7) is 5.98. The highest BCUT2D eigenvalue weighted by molar-refractivity contribution is 5.88. The van der Waals surface area contributed by atoms with Crippen molar-refractivity contribution < 1.29 is 24.5 Å². The monoisotopic (exact) mass is 524 g/mol. The molecular weight excluding hydrogens is 500 g/mol. The molecule has 0 saturated heterocycles. The van der Waals surface area contributed by atoms with Crippen LogP contribution in [0.1, 0.15) is 16.8 Å². The maximum Gasteiger partial charge on any atom is 0.307 e. The third-order valence-electron chi connectivity index (χ3n) is 5.90. The lowest BCUT2D eigenvalue weighted by Gasteiger charge is -2.11. The summed E-state index contributed by atoms with van der Waals surface area (Å²) in [5.41, 5.74) is 3.74. The molecule has 5 aromatic rings. The number of aryl methyl sites for hydroxylation is 1. The highest BCUT2D eigenvalue weighted by atomic mass is 16.5. The molecule has 1 aromatic carbocycles. The predicted molar refractivity (Wildman–Crippen MR) is 144 cm³/mol. The van der Waals surface area contributed by atoms with E-state index in [1.807, 2.05) is 6.92 Å². The van der Waals surface area contributed by atoms with Gasteiger partial charge in [-0.05, 0) is 48.4 Å². The van der Waals surface area contributed by atoms with Crippen molar-refractivity contribution in [2.24, 2.45) is 0 Å². The molecule has 196 valence electrons. The number of aliphatic carboxylic acids is 1. The van der Waals surface area contributed by atoms with Crippen molar-refractivity contribution in [2.75, 3.05) is 12.4 Å². The van der Waals surface area contributed by atoms with Gasteiger partial charge in [0.05, 0.1) is 42.8 Å². The number of anilines is 1. The van der Waals surface area contributed by atoms with Crippen LogP contribution in [-0.2, 0) is 11.2 Å². The van der Waals surface area contributed by atoms with Crippen molar-refractivity contribution in [2.45, 2.75) is 13.3 Å². The molecule has 4 aromatic heterocycles. The molecule has 0 spiro atoms. The van der Waals surface area contributed by atoms with E-state index >= 15 is 0 Å². The second-order valence-corrected chi connectivity index (χ2v) is 8.62. The number of carbonyl (C=O) groups is 1. The molecule has 11 nitrogen and oxygen atoms in total. The van der Waals surface area contributed by atoms with Gasteiger partial charge >= 0.3 is 5.97 Å². The number of benzene rings is 1. The zero-order chi connectivity index (χ0) is 27.5. The van der Waals surface area contributed by atoms with Crippen LogP contribution >= 0.6 is 0 Å². The van der Waals surface area contributed by atoms with E-state index in [0.717, 1.165) is 5.56 Å². The van der Waals surface area contributed by atoms with E-state index in [2.05, 4.69) is 31.9 Å². The van der Waals surface area contributed by atoms with E-state index in [4.69, 9.17) is 9.47 Å². The molecule has 0 aliphatic rings. The molecule has 4 heterocycles. The Kier molecular flexibility index (Phi) is 6.79. The van der Waals surface area contributed by atoms with Gasteiger partial charge in [-0.2, -0.15) is 5.10 Å². The molecule has 0 radical (unpaired) electrons. The summed E-state index contributed by atoms with van der Waals surface area (Å²) in [5, 5.41) is 27.8. The van der Waals surface area contributed by atoms with E-state index in [9.17, 15) is 15.0 Å². The van der Waals surface area contributed by atoms with Gasteiger partial charge in [0, 0.05) is 30.0 Å². The standard InChI is InChI=1S/C28H24N6O5/c1-16-15-34(22-14-29-8-6-18(22)10-27(36)37)33-28(16)17(2)32-26-5-4-19(13-31-26)39-24-7-9-30-21-12-25(38-3)23(35)11-20(21)24/h4-9,11-15,35H,2,10H2,1,3H3,(H,31,32)(H,36,37). The van der Waals surface area contributed by atoms with Gasteiger partial charge < -0.3 is 25.0 Å². The van der Waals surface area contributed by atoms with Crippen molar-refractivity contribution in [1.29, 1.82) is 0 Å². The van der Waals surface area contributed by atoms with Crippen LogP contribution in [-0.4, -0.2) is 48.0 Å². The molecule has 3 N–H and O–H groups in total. The minimum atomic E-state index is -0.938. The Labute approximate surface area is 223 Å². The summed E-state index contributed by atoms with van der Waals surface area (Å²) in [7, 11) is 1.48. The minimum absolute atomic E-state index is 0.0154. The Bertz CT molecular complexity index is 1700. The number of carboxylic acid groups (broad SMARTS) is 1. The number of aromatic hydroxyl groups is 1. The van der Waals surface area contributed by atoms with E-state index in [1.54, 1.807) is 72.1 Å². The number of fused-ring (bicyclic) bond motifs is 1. The van der Waals surface area contributed by atoms with Crippen molar-refractivity contribution in [3.8, 4) is 28.7 Å². The van der Waals surface area contributed by atoms with Gasteiger partial charge in [0.15, 0.2) is 11.5 Å². The van der Waals surface area contributed by atoms with Gasteiger partial charge in [0.2, 0.25) is 0 Å². The molecule has 11 heteroatoms. The molecule has 0 aliphatic carbocycles. The number of rotatable bonds is 9. The average molecular weight is 525 g/mol. The van der Waals surface area contributed by atoms with Crippen molar-refractivity contribution >= 4 is 28.4 Å². The summed E-state index contributed by atoms with van der Waals surface area (Å²) in [5.74, 6) is 0.882. The number of nitrogens with zero attached hydrogens (tertiary/aromatic N) is 5. The van der Waals surface area contributed by atoms with Crippen LogP contribution in [0.2, 0.25) is 0 Å². The van der Waals surface area contributed by atoms with Gasteiger partial charge in [0.25, 0.3) is 0 Å². The van der Waals surface area contributed by atoms with Crippen molar-refractivity contribution in [3.05, 3.63) is 90.8 Å². The van der Waals surface area contributed by atoms with Gasteiger partial charge in [-0.3, -0.25) is 14.8 Å². The molecule has 0 unspecified atom stereocenters. The molecular formula is C28H24N6O5. The van der Waals surface area contributed by atoms with E-state index in [-0.39, 0.29) is 12.2 Å². The number of nitrogens with one attached hydrogen (secondary N) is 1. The molecule has 0 atom stereocenters. The van der Waals surface area contributed by atoms with Crippen LogP contribution in [0.25, 0.3) is 22.3 Å². The summed E-state index contributed by atoms with van der Waals surface area (Å²) >= 11 is 0. The summed E-state index contributed by atoms with van der Waals surface area (Å²) in [6, 6.07) is 10.0. The topological polar surface area (TPSA) is 145 Å². The molecule has 39 heavy (non-hydrogen) atoms. The fourth-order valence-electron chi connectivity index (χ4n) is 4.06. The van der Waals surface area contributed by atoms with Gasteiger partial charge in [-0.15, -0.1) is 0 Å². The zero-order valence-corrected chi connectivity index (χ0v) is 21.1. The quantitative estimate of drug-likeness (QED) is 0.247. The van der Waals surface area contributed by atoms with Crippen LogP contribution in [0.4, 0.5) is 5.82 Å². The molecule has 0 bridgehead atoms. The summed E-state index contributed by atoms with van der Waals surface area (Å²) in [4.78, 5) is 24.1. The lowest BCUT2D eigenvalue weighted by atomic mass is 10.1. The average Bonchev–Trinajstić information content (AvgIpc) is 3.31. The first-order valence-corrected chi connectivity index (χ1v) is 11.8. The maximum atomic E-state index is 11.2. The van der Waals surface area contributed by atoms with Gasteiger partial charge in [0.1, 0.15) is 23.0 Å². The second kappa shape index (κ2) is 10.5. The Hall–Kier alpha value is -5.45. The zero-order valence-electron chi connectivity index (χ0n) is 21.1. The Morgan fingerprint density at radius 3 is 2.69 bits per heavy atom. The van der Waals surface area contributed by atoms with Crippen molar-refractivity contribution in [1.82, 2.24) is 24.7 Å². The Morgan fingerprint density at radius 1 is 1.10 bits per heavy atom. The minimum Gasteiger partial charge on any atom is -0.504 e. The Morgan fingerprint density at radius 2 is 1.95 bits per heavy atom. The van der Waals surface area contributed by atoms with Crippen LogP contribution < -0.4 is 14.8 Å². The maximum absolute atomic E-state index is 11.2. The van der Waals surface area contributed by atoms with Crippen LogP contribution in [0.3, 0.4) is 0 Å². The number of aromatic nitrogens is 5. The van der Waals surface area contributed by atoms with E-state index in [0.29, 0.717) is 56.6 Å². The predicted octanol–water partition coefficient (Wildman–Crippen LogP) is 4.74. The first kappa shape index (κ1) is 25.2. The third kappa shape index (κ3) is 5.32. The fraction of sp³-hybridized carbons (Fsp3) is 0.107. The van der Waals surface area contributed by atoms with Gasteiger partial charge in [-0.1, -0.05) is 6.58 Å². The number of phenolic OH excluding ortho intramolecular Hbond substituents is 1. The van der Waals surface area contributed by atoms with Crippen LogP contribution in [0.5, 0.6) is 23.0 Å². The number of ether oxygens (including phenoxy) is 2. The molecule has 0 amide bonds. The number of hydrogen-bond donors (Lipinski definition) is 3. The van der Waals surface area contributed by atoms with Crippen LogP contribution in [0.15, 0.2) is 74.0 Å². The lowest BCUT2D eigenvalue weighted by molar-refractivity contribution is -0.136. The Balaban J connectivity index is 1.32. The second-order valence-electron chi connectivity index (χ2n) is 8.62. The van der Waals surface area contributed by atoms with Crippen molar-refractivity contribution in [3.63, 3.8) is 0 Å². The summed E-state index contributed by atoms with van der Waals surface area (Å²) < 4.78 is 12.8. The van der Waals surface area contributed by atoms with E-state index < -0.39 is 5.97 Å². The fourth-order valence-corrected chi connectivity index (χ4v) is 4.06. The molecule has 0 saturated carbocycles. The number of carboxylic acids is 1. The largest absolute Gasteiger partial charge is 0.504 e. The molecule has 0 aliphatic heterocycles. The molecule has 5 rings (SSSR count). The first-order chi connectivity index (χ1) is 18.8. The highest BCUT2D eigenvalue weighted by Crippen LogP contribution is 2.36. The number of hydrogen-bond acceptors (Lipinski definition) is 9. The van der Waals surface area contributed by atoms with E-state index in [1.165, 1.54) is 7.11 Å². The lowest BCUT2D eigenvalue weighted by Crippen LogP contribution is -2.07. The highest BCUT2D eigenvalue weighted by Gasteiger charge is 2.15.